The van der Waals surface area contributed by atoms with Crippen molar-refractivity contribution in [3.63, 3.8) is 0 Å². The summed E-state index contributed by atoms with van der Waals surface area (Å²) < 4.78 is 11.0. The Balaban J connectivity index is 1.99. The van der Waals surface area contributed by atoms with Crippen molar-refractivity contribution >= 4 is 11.9 Å². The molecule has 0 aromatic carbocycles. The third-order valence-electron chi connectivity index (χ3n) is 4.28. The Morgan fingerprint density at radius 3 is 2.57 bits per heavy atom. The monoisotopic (exact) mass is 299 g/mol. The molecule has 0 spiro atoms. The van der Waals surface area contributed by atoms with Gasteiger partial charge in [0.25, 0.3) is 0 Å². The van der Waals surface area contributed by atoms with Crippen LogP contribution in [0.15, 0.2) is 0 Å². The molecule has 1 aliphatic heterocycles. The zero-order valence-corrected chi connectivity index (χ0v) is 13.0. The molecule has 1 saturated carbocycles. The van der Waals surface area contributed by atoms with Crippen molar-refractivity contribution in [2.75, 3.05) is 26.8 Å². The van der Waals surface area contributed by atoms with Gasteiger partial charge in [-0.2, -0.15) is 0 Å². The predicted molar refractivity (Wildman–Crippen MR) is 75.9 cm³/mol. The molecule has 3 atom stereocenters. The van der Waals surface area contributed by atoms with Crippen molar-refractivity contribution in [1.82, 2.24) is 4.90 Å². The summed E-state index contributed by atoms with van der Waals surface area (Å²) in [6.45, 7) is 5.44. The minimum atomic E-state index is -0.787. The molecule has 21 heavy (non-hydrogen) atoms. The summed E-state index contributed by atoms with van der Waals surface area (Å²) >= 11 is 0. The van der Waals surface area contributed by atoms with E-state index < -0.39 is 11.6 Å². The Morgan fingerprint density at radius 1 is 1.33 bits per heavy atom. The summed E-state index contributed by atoms with van der Waals surface area (Å²) in [4.78, 5) is 25.5. The van der Waals surface area contributed by atoms with Crippen molar-refractivity contribution < 1.29 is 24.2 Å². The van der Waals surface area contributed by atoms with Crippen LogP contribution >= 0.6 is 0 Å². The van der Waals surface area contributed by atoms with Gasteiger partial charge < -0.3 is 19.5 Å². The van der Waals surface area contributed by atoms with Crippen molar-refractivity contribution in [3.05, 3.63) is 0 Å². The summed E-state index contributed by atoms with van der Waals surface area (Å²) in [5.74, 6) is -1.26. The van der Waals surface area contributed by atoms with E-state index in [9.17, 15) is 9.59 Å². The van der Waals surface area contributed by atoms with Crippen LogP contribution < -0.4 is 0 Å². The van der Waals surface area contributed by atoms with Crippen molar-refractivity contribution in [2.24, 2.45) is 11.8 Å². The molecule has 2 fully saturated rings. The van der Waals surface area contributed by atoms with Gasteiger partial charge in [0.1, 0.15) is 0 Å². The lowest BCUT2D eigenvalue weighted by Gasteiger charge is -2.43. The van der Waals surface area contributed by atoms with Gasteiger partial charge in [-0.05, 0) is 33.1 Å². The first kappa shape index (κ1) is 16.2. The average molecular weight is 299 g/mol. The molecule has 1 unspecified atom stereocenters. The maximum atomic E-state index is 12.6. The van der Waals surface area contributed by atoms with E-state index in [1.54, 1.807) is 7.11 Å². The minimum absolute atomic E-state index is 0.0660. The Hall–Kier alpha value is -1.14. The van der Waals surface area contributed by atoms with Gasteiger partial charge in [-0.15, -0.1) is 0 Å². The molecule has 6 nitrogen and oxygen atoms in total. The molecule has 1 saturated heterocycles. The zero-order valence-electron chi connectivity index (χ0n) is 13.0. The first-order valence-corrected chi connectivity index (χ1v) is 7.51. The SMILES string of the molecule is COCC1CN(C(=O)[C@@H]2CC[C@H](C(=O)O)C2)CC(C)(C)O1. The summed E-state index contributed by atoms with van der Waals surface area (Å²) in [6.07, 6.45) is 1.60. The number of nitrogens with zero attached hydrogens (tertiary/aromatic N) is 1. The Bertz CT molecular complexity index is 409. The third kappa shape index (κ3) is 3.95. The van der Waals surface area contributed by atoms with Crippen LogP contribution in [0.25, 0.3) is 0 Å². The number of aliphatic carboxylic acids is 1. The molecule has 1 aliphatic carbocycles. The molecule has 0 radical (unpaired) electrons. The van der Waals surface area contributed by atoms with E-state index in [0.29, 0.717) is 39.0 Å². The number of ether oxygens (including phenoxy) is 2. The number of carbonyl (C=O) groups excluding carboxylic acids is 1. The first-order chi connectivity index (χ1) is 9.82. The van der Waals surface area contributed by atoms with Crippen LogP contribution in [0, 0.1) is 11.8 Å². The highest BCUT2D eigenvalue weighted by Crippen LogP contribution is 2.33. The quantitative estimate of drug-likeness (QED) is 0.842. The van der Waals surface area contributed by atoms with E-state index in [4.69, 9.17) is 14.6 Å². The largest absolute Gasteiger partial charge is 0.481 e. The number of amides is 1. The highest BCUT2D eigenvalue weighted by Gasteiger charge is 2.40. The molecule has 2 aliphatic rings. The van der Waals surface area contributed by atoms with Crippen LogP contribution in [-0.2, 0) is 19.1 Å². The molecule has 0 aromatic rings. The summed E-state index contributed by atoms with van der Waals surface area (Å²) in [6, 6.07) is 0. The molecule has 1 N–H and O–H groups in total. The average Bonchev–Trinajstić information content (AvgIpc) is 2.86. The predicted octanol–water partition coefficient (Wildman–Crippen LogP) is 1.14. The van der Waals surface area contributed by atoms with E-state index in [0.717, 1.165) is 0 Å². The van der Waals surface area contributed by atoms with Gasteiger partial charge in [0, 0.05) is 26.1 Å². The second-order valence-corrected chi connectivity index (χ2v) is 6.72. The molecule has 120 valence electrons. The summed E-state index contributed by atoms with van der Waals surface area (Å²) in [7, 11) is 1.62. The van der Waals surface area contributed by atoms with E-state index in [-0.39, 0.29) is 23.8 Å². The van der Waals surface area contributed by atoms with Gasteiger partial charge >= 0.3 is 5.97 Å². The van der Waals surface area contributed by atoms with Gasteiger partial charge in [-0.1, -0.05) is 0 Å². The van der Waals surface area contributed by atoms with Crippen LogP contribution in [0.5, 0.6) is 0 Å². The number of carboxylic acids is 1. The second-order valence-electron chi connectivity index (χ2n) is 6.72. The lowest BCUT2D eigenvalue weighted by Crippen LogP contribution is -2.56. The molecule has 1 amide bonds. The minimum Gasteiger partial charge on any atom is -0.481 e. The lowest BCUT2D eigenvalue weighted by atomic mass is 10.00. The maximum Gasteiger partial charge on any atom is 0.306 e. The van der Waals surface area contributed by atoms with Crippen LogP contribution in [0.1, 0.15) is 33.1 Å². The zero-order chi connectivity index (χ0) is 15.6. The van der Waals surface area contributed by atoms with E-state index >= 15 is 0 Å². The molecule has 6 heteroatoms. The molecule has 1 heterocycles. The van der Waals surface area contributed by atoms with Gasteiger partial charge in [0.2, 0.25) is 5.91 Å². The Kier molecular flexibility index (Phi) is 4.88. The summed E-state index contributed by atoms with van der Waals surface area (Å²) in [5.41, 5.74) is -0.401. The normalized spacial score (nSPS) is 32.1. The maximum absolute atomic E-state index is 12.6. The number of hydrogen-bond acceptors (Lipinski definition) is 4. The van der Waals surface area contributed by atoms with E-state index in [1.165, 1.54) is 0 Å². The van der Waals surface area contributed by atoms with Gasteiger partial charge in [0.15, 0.2) is 0 Å². The van der Waals surface area contributed by atoms with E-state index in [1.807, 2.05) is 18.7 Å². The number of carboxylic acid groups (broad SMARTS) is 1. The van der Waals surface area contributed by atoms with Gasteiger partial charge in [-0.3, -0.25) is 9.59 Å². The highest BCUT2D eigenvalue weighted by molar-refractivity contribution is 5.81. The number of morpholine rings is 1. The molecule has 0 bridgehead atoms. The standard InChI is InChI=1S/C15H25NO5/c1-15(2)9-16(7-12(21-15)8-20-3)13(17)10-4-5-11(6-10)14(18)19/h10-12H,4-9H2,1-3H3,(H,18,19)/t10-,11+,12?/m1/s1. The summed E-state index contributed by atoms with van der Waals surface area (Å²) in [5, 5.41) is 9.06. The topological polar surface area (TPSA) is 76.1 Å². The number of carbonyl (C=O) groups is 2. The molecule has 2 rings (SSSR count). The van der Waals surface area contributed by atoms with Crippen molar-refractivity contribution in [3.8, 4) is 0 Å². The molecular formula is C15H25NO5. The first-order valence-electron chi connectivity index (χ1n) is 7.51. The highest BCUT2D eigenvalue weighted by atomic mass is 16.5. The fourth-order valence-electron chi connectivity index (χ4n) is 3.42. The van der Waals surface area contributed by atoms with Crippen molar-refractivity contribution in [2.45, 2.75) is 44.8 Å². The third-order valence-corrected chi connectivity index (χ3v) is 4.28. The smallest absolute Gasteiger partial charge is 0.306 e. The fraction of sp³-hybridized carbons (Fsp3) is 0.867. The van der Waals surface area contributed by atoms with Crippen LogP contribution in [0.4, 0.5) is 0 Å². The fourth-order valence-corrected chi connectivity index (χ4v) is 3.42. The molecular weight excluding hydrogens is 274 g/mol. The Labute approximate surface area is 125 Å². The number of hydrogen-bond donors (Lipinski definition) is 1. The van der Waals surface area contributed by atoms with Crippen LogP contribution in [0.3, 0.4) is 0 Å². The van der Waals surface area contributed by atoms with E-state index in [2.05, 4.69) is 0 Å². The van der Waals surface area contributed by atoms with Gasteiger partial charge in [0.05, 0.1) is 24.2 Å². The second kappa shape index (κ2) is 6.32. The Morgan fingerprint density at radius 2 is 2.00 bits per heavy atom. The molecule has 0 aromatic heterocycles. The van der Waals surface area contributed by atoms with Crippen molar-refractivity contribution in [1.29, 1.82) is 0 Å². The lowest BCUT2D eigenvalue weighted by molar-refractivity contribution is -0.171. The van der Waals surface area contributed by atoms with Gasteiger partial charge in [-0.25, -0.2) is 0 Å². The van der Waals surface area contributed by atoms with Crippen LogP contribution in [0.2, 0.25) is 0 Å². The van der Waals surface area contributed by atoms with Crippen LogP contribution in [-0.4, -0.2) is 60.4 Å². The number of rotatable bonds is 4. The number of methoxy groups -OCH3 is 1.